The molecule has 11 nitrogen and oxygen atoms in total. The summed E-state index contributed by atoms with van der Waals surface area (Å²) in [7, 11) is 0. The van der Waals surface area contributed by atoms with Gasteiger partial charge in [0.1, 0.15) is 11.4 Å². The number of nitrogens with zero attached hydrogens (tertiary/aromatic N) is 2. The van der Waals surface area contributed by atoms with Crippen molar-refractivity contribution in [2.75, 3.05) is 18.8 Å². The van der Waals surface area contributed by atoms with Crippen LogP contribution in [0, 0.1) is 11.8 Å². The van der Waals surface area contributed by atoms with E-state index in [0.29, 0.717) is 0 Å². The number of rotatable bonds is 6. The number of piperidine rings is 1. The SMILES string of the molecule is NCc1cccc(C2CCN(C(=O)c3cc(OC(=O)C(F)(F)F)c(OC(=O)C(F)(F)F)c(C#Cc4ccc(N)nc4)c3OC(=O)C(F)(F)F)CC2)c1. The molecule has 4 N–H and O–H groups in total. The zero-order valence-electron chi connectivity index (χ0n) is 26.0. The molecular weight excluding hydrogens is 723 g/mol. The maximum Gasteiger partial charge on any atom is 0.491 e. The van der Waals surface area contributed by atoms with Crippen molar-refractivity contribution in [3.05, 3.63) is 76.5 Å². The van der Waals surface area contributed by atoms with Gasteiger partial charge in [0.15, 0.2) is 17.2 Å². The van der Waals surface area contributed by atoms with Gasteiger partial charge in [-0.1, -0.05) is 36.1 Å². The topological polar surface area (TPSA) is 164 Å². The van der Waals surface area contributed by atoms with Crippen LogP contribution in [0.2, 0.25) is 0 Å². The number of hydrogen-bond donors (Lipinski definition) is 2. The number of likely N-dealkylation sites (tertiary alicyclic amines) is 1. The van der Waals surface area contributed by atoms with E-state index in [1.165, 1.54) is 0 Å². The van der Waals surface area contributed by atoms with Gasteiger partial charge in [0, 0.05) is 37.5 Å². The minimum atomic E-state index is -5.90. The number of nitrogens with two attached hydrogens (primary N) is 2. The molecule has 1 aromatic heterocycles. The van der Waals surface area contributed by atoms with Crippen molar-refractivity contribution in [1.82, 2.24) is 9.88 Å². The molecule has 2 heterocycles. The highest BCUT2D eigenvalue weighted by molar-refractivity contribution is 6.01. The lowest BCUT2D eigenvalue weighted by Crippen LogP contribution is -2.39. The smallest absolute Gasteiger partial charge is 0.418 e. The first kappa shape index (κ1) is 39.0. The summed E-state index contributed by atoms with van der Waals surface area (Å²) in [6.07, 6.45) is -16.2. The fraction of sp³-hybridized carbons (Fsp3) is 0.281. The Bertz CT molecular complexity index is 1930. The average Bonchev–Trinajstić information content (AvgIpc) is 3.08. The highest BCUT2D eigenvalue weighted by atomic mass is 19.4. The van der Waals surface area contributed by atoms with Gasteiger partial charge in [-0.25, -0.2) is 19.4 Å². The zero-order chi connectivity index (χ0) is 38.6. The number of amides is 1. The third kappa shape index (κ3) is 9.48. The van der Waals surface area contributed by atoms with Crippen LogP contribution in [0.1, 0.15) is 51.4 Å². The summed E-state index contributed by atoms with van der Waals surface area (Å²) in [5.41, 5.74) is 9.89. The second-order valence-electron chi connectivity index (χ2n) is 10.9. The number of esters is 3. The number of nitrogen functional groups attached to an aromatic ring is 1. The Morgan fingerprint density at radius 1 is 0.788 bits per heavy atom. The second kappa shape index (κ2) is 15.2. The number of benzene rings is 2. The molecule has 0 aliphatic carbocycles. The minimum Gasteiger partial charge on any atom is -0.418 e. The number of aromatic nitrogens is 1. The molecule has 0 radical (unpaired) electrons. The Labute approximate surface area is 286 Å². The summed E-state index contributed by atoms with van der Waals surface area (Å²) in [5, 5.41) is 0. The van der Waals surface area contributed by atoms with Gasteiger partial charge in [0.25, 0.3) is 5.91 Å². The molecule has 0 bridgehead atoms. The van der Waals surface area contributed by atoms with E-state index in [2.05, 4.69) is 25.1 Å². The average molecular weight is 747 g/mol. The standard InChI is InChI=1S/C32H23F9N4O7/c33-30(34,35)27(47)50-22-13-21(26(46)45-10-8-18(9-11-45)19-3-1-2-17(12-19)14-42)24(51-28(48)31(36,37)38)20(25(22)52-29(49)32(39,40)41)6-4-16-5-7-23(43)44-15-16/h1-3,5,7,12-13,15,18H,8-11,14,42H2,(H2,43,44). The molecule has 1 fully saturated rings. The maximum atomic E-state index is 13.9. The molecule has 0 atom stereocenters. The number of alkyl halides is 9. The predicted octanol–water partition coefficient (Wildman–Crippen LogP) is 4.95. The molecule has 276 valence electrons. The Morgan fingerprint density at radius 2 is 1.37 bits per heavy atom. The van der Waals surface area contributed by atoms with E-state index >= 15 is 0 Å². The number of hydrogen-bond acceptors (Lipinski definition) is 10. The van der Waals surface area contributed by atoms with Gasteiger partial charge >= 0.3 is 36.4 Å². The first-order valence-electron chi connectivity index (χ1n) is 14.6. The van der Waals surface area contributed by atoms with Crippen LogP contribution in [0.4, 0.5) is 45.3 Å². The third-order valence-corrected chi connectivity index (χ3v) is 7.27. The number of carbonyl (C=O) groups excluding carboxylic acids is 4. The van der Waals surface area contributed by atoms with Crippen LogP contribution >= 0.6 is 0 Å². The van der Waals surface area contributed by atoms with Gasteiger partial charge in [-0.2, -0.15) is 39.5 Å². The fourth-order valence-electron chi connectivity index (χ4n) is 4.81. The molecule has 0 spiro atoms. The summed E-state index contributed by atoms with van der Waals surface area (Å²) < 4.78 is 133. The van der Waals surface area contributed by atoms with Gasteiger partial charge in [0.05, 0.1) is 5.56 Å². The van der Waals surface area contributed by atoms with Crippen LogP contribution in [0.15, 0.2) is 48.7 Å². The van der Waals surface area contributed by atoms with E-state index in [4.69, 9.17) is 11.5 Å². The number of ether oxygens (including phenoxy) is 3. The maximum absolute atomic E-state index is 13.9. The van der Waals surface area contributed by atoms with Crippen molar-refractivity contribution < 1.29 is 72.9 Å². The van der Waals surface area contributed by atoms with E-state index in [-0.39, 0.29) is 55.8 Å². The monoisotopic (exact) mass is 746 g/mol. The third-order valence-electron chi connectivity index (χ3n) is 7.27. The van der Waals surface area contributed by atoms with E-state index < -0.39 is 70.7 Å². The van der Waals surface area contributed by atoms with Crippen LogP contribution in [-0.2, 0) is 20.9 Å². The molecule has 2 aromatic carbocycles. The fourth-order valence-corrected chi connectivity index (χ4v) is 4.81. The molecule has 1 aliphatic rings. The van der Waals surface area contributed by atoms with Gasteiger partial charge in [-0.3, -0.25) is 4.79 Å². The molecule has 0 unspecified atom stereocenters. The molecule has 4 rings (SSSR count). The summed E-state index contributed by atoms with van der Waals surface area (Å²) in [5.74, 6) is -12.0. The summed E-state index contributed by atoms with van der Waals surface area (Å²) in [6.45, 7) is -0.0760. The van der Waals surface area contributed by atoms with E-state index in [0.717, 1.165) is 34.4 Å². The zero-order valence-corrected chi connectivity index (χ0v) is 26.0. The van der Waals surface area contributed by atoms with Crippen molar-refractivity contribution in [1.29, 1.82) is 0 Å². The molecule has 20 heteroatoms. The molecule has 1 amide bonds. The molecule has 1 saturated heterocycles. The van der Waals surface area contributed by atoms with Crippen molar-refractivity contribution in [3.8, 4) is 29.1 Å². The summed E-state index contributed by atoms with van der Waals surface area (Å²) in [4.78, 5) is 54.5. The summed E-state index contributed by atoms with van der Waals surface area (Å²) >= 11 is 0. The van der Waals surface area contributed by atoms with Crippen LogP contribution in [0.3, 0.4) is 0 Å². The van der Waals surface area contributed by atoms with Crippen molar-refractivity contribution in [2.24, 2.45) is 5.73 Å². The number of carbonyl (C=O) groups is 4. The Hall–Kier alpha value is -5.84. The molecule has 0 saturated carbocycles. The lowest BCUT2D eigenvalue weighted by Gasteiger charge is -2.33. The van der Waals surface area contributed by atoms with Crippen LogP contribution in [0.5, 0.6) is 17.2 Å². The van der Waals surface area contributed by atoms with Crippen LogP contribution in [-0.4, -0.2) is 65.3 Å². The first-order valence-corrected chi connectivity index (χ1v) is 14.6. The van der Waals surface area contributed by atoms with Crippen LogP contribution in [0.25, 0.3) is 0 Å². The Morgan fingerprint density at radius 3 is 1.90 bits per heavy atom. The largest absolute Gasteiger partial charge is 0.491 e. The number of pyridine rings is 1. The lowest BCUT2D eigenvalue weighted by atomic mass is 9.88. The summed E-state index contributed by atoms with van der Waals surface area (Å²) in [6, 6.07) is 9.47. The number of halogens is 9. The minimum absolute atomic E-state index is 0.0662. The van der Waals surface area contributed by atoms with E-state index in [9.17, 15) is 58.7 Å². The van der Waals surface area contributed by atoms with E-state index in [1.807, 2.05) is 12.0 Å². The Kier molecular flexibility index (Phi) is 11.4. The molecule has 3 aromatic rings. The second-order valence-corrected chi connectivity index (χ2v) is 10.9. The van der Waals surface area contributed by atoms with Gasteiger partial charge < -0.3 is 30.6 Å². The lowest BCUT2D eigenvalue weighted by molar-refractivity contribution is -0.192. The van der Waals surface area contributed by atoms with Gasteiger partial charge in [0.2, 0.25) is 0 Å². The normalized spacial score (nSPS) is 13.8. The quantitative estimate of drug-likeness (QED) is 0.153. The predicted molar refractivity (Wildman–Crippen MR) is 158 cm³/mol. The molecule has 52 heavy (non-hydrogen) atoms. The van der Waals surface area contributed by atoms with Crippen molar-refractivity contribution in [3.63, 3.8) is 0 Å². The van der Waals surface area contributed by atoms with E-state index in [1.54, 1.807) is 18.2 Å². The van der Waals surface area contributed by atoms with Crippen LogP contribution < -0.4 is 25.7 Å². The first-order chi connectivity index (χ1) is 24.2. The van der Waals surface area contributed by atoms with Gasteiger partial charge in [-0.15, -0.1) is 0 Å². The molecular formula is C32H23F9N4O7. The highest BCUT2D eigenvalue weighted by Crippen LogP contribution is 2.44. The van der Waals surface area contributed by atoms with Crippen molar-refractivity contribution in [2.45, 2.75) is 43.8 Å². The van der Waals surface area contributed by atoms with Crippen molar-refractivity contribution >= 4 is 29.6 Å². The highest BCUT2D eigenvalue weighted by Gasteiger charge is 2.47. The molecule has 1 aliphatic heterocycles. The number of anilines is 1. The Balaban J connectivity index is 1.94. The van der Waals surface area contributed by atoms with Gasteiger partial charge in [-0.05, 0) is 42.0 Å².